The quantitative estimate of drug-likeness (QED) is 0.862. The van der Waals surface area contributed by atoms with Gasteiger partial charge in [0.25, 0.3) is 10.0 Å². The van der Waals surface area contributed by atoms with Gasteiger partial charge in [-0.3, -0.25) is 0 Å². The van der Waals surface area contributed by atoms with E-state index < -0.39 is 10.0 Å². The molecule has 3 N–H and O–H groups in total. The zero-order valence-electron chi connectivity index (χ0n) is 8.52. The normalized spacial score (nSPS) is 18.6. The molecule has 1 aromatic rings. The van der Waals surface area contributed by atoms with Crippen molar-refractivity contribution in [2.45, 2.75) is 23.1 Å². The van der Waals surface area contributed by atoms with E-state index in [0.717, 1.165) is 12.8 Å². The number of halogens is 1. The van der Waals surface area contributed by atoms with Crippen LogP contribution >= 0.6 is 27.3 Å². The fraction of sp³-hybridized carbons (Fsp3) is 0.556. The Morgan fingerprint density at radius 1 is 1.62 bits per heavy atom. The fourth-order valence-electron chi connectivity index (χ4n) is 1.43. The van der Waals surface area contributed by atoms with Crippen LogP contribution in [0.4, 0.5) is 0 Å². The first kappa shape index (κ1) is 12.5. The molecule has 1 aliphatic rings. The van der Waals surface area contributed by atoms with E-state index in [-0.39, 0.29) is 6.04 Å². The molecule has 0 bridgehead atoms. The average Bonchev–Trinajstić information content (AvgIpc) is 2.98. The average molecular weight is 325 g/mol. The SMILES string of the molecule is NC(CNS(=O)(=O)c1sccc1Br)C1CC1. The van der Waals surface area contributed by atoms with E-state index in [0.29, 0.717) is 21.1 Å². The van der Waals surface area contributed by atoms with Crippen molar-refractivity contribution in [1.82, 2.24) is 4.72 Å². The fourth-order valence-corrected chi connectivity index (χ4v) is 4.89. The van der Waals surface area contributed by atoms with Crippen molar-refractivity contribution >= 4 is 37.3 Å². The van der Waals surface area contributed by atoms with Gasteiger partial charge in [-0.25, -0.2) is 13.1 Å². The van der Waals surface area contributed by atoms with Crippen molar-refractivity contribution in [1.29, 1.82) is 0 Å². The Labute approximate surface area is 107 Å². The number of sulfonamides is 1. The van der Waals surface area contributed by atoms with E-state index >= 15 is 0 Å². The van der Waals surface area contributed by atoms with Crippen LogP contribution in [0.2, 0.25) is 0 Å². The first-order valence-corrected chi connectivity index (χ1v) is 8.14. The minimum atomic E-state index is -3.41. The third-order valence-corrected chi connectivity index (χ3v) is 6.66. The Morgan fingerprint density at radius 2 is 2.31 bits per heavy atom. The van der Waals surface area contributed by atoms with Gasteiger partial charge in [-0.1, -0.05) is 0 Å². The molecule has 0 aliphatic heterocycles. The number of hydrogen-bond acceptors (Lipinski definition) is 4. The maximum Gasteiger partial charge on any atom is 0.251 e. The molecule has 4 nitrogen and oxygen atoms in total. The largest absolute Gasteiger partial charge is 0.326 e. The molecule has 1 fully saturated rings. The van der Waals surface area contributed by atoms with Gasteiger partial charge in [0.1, 0.15) is 4.21 Å². The highest BCUT2D eigenvalue weighted by Gasteiger charge is 2.29. The van der Waals surface area contributed by atoms with Gasteiger partial charge in [-0.15, -0.1) is 11.3 Å². The highest BCUT2D eigenvalue weighted by atomic mass is 79.9. The third kappa shape index (κ3) is 2.84. The molecule has 1 heterocycles. The predicted octanol–water partition coefficient (Wildman–Crippen LogP) is 1.53. The summed E-state index contributed by atoms with van der Waals surface area (Å²) in [6.07, 6.45) is 2.23. The molecule has 2 rings (SSSR count). The molecule has 0 aromatic carbocycles. The lowest BCUT2D eigenvalue weighted by Gasteiger charge is -2.11. The lowest BCUT2D eigenvalue weighted by Crippen LogP contribution is -2.38. The van der Waals surface area contributed by atoms with Gasteiger partial charge in [-0.2, -0.15) is 0 Å². The van der Waals surface area contributed by atoms with E-state index in [2.05, 4.69) is 20.7 Å². The Balaban J connectivity index is 2.00. The summed E-state index contributed by atoms with van der Waals surface area (Å²) >= 11 is 4.40. The Morgan fingerprint density at radius 3 is 2.81 bits per heavy atom. The van der Waals surface area contributed by atoms with Crippen LogP contribution in [0.1, 0.15) is 12.8 Å². The molecule has 1 atom stereocenters. The van der Waals surface area contributed by atoms with Gasteiger partial charge in [0.15, 0.2) is 0 Å². The maximum absolute atomic E-state index is 11.9. The van der Waals surface area contributed by atoms with Crippen molar-refractivity contribution in [3.8, 4) is 0 Å². The van der Waals surface area contributed by atoms with Crippen LogP contribution in [0, 0.1) is 5.92 Å². The monoisotopic (exact) mass is 324 g/mol. The molecule has 1 unspecified atom stereocenters. The molecule has 7 heteroatoms. The molecule has 0 amide bonds. The van der Waals surface area contributed by atoms with E-state index in [4.69, 9.17) is 5.73 Å². The zero-order valence-corrected chi connectivity index (χ0v) is 11.7. The standard InChI is InChI=1S/C9H13BrN2O2S2/c10-7-3-4-15-9(7)16(13,14)12-5-8(11)6-1-2-6/h3-4,6,8,12H,1-2,5,11H2. The lowest BCUT2D eigenvalue weighted by molar-refractivity contribution is 0.549. The molecule has 0 saturated heterocycles. The molecule has 1 saturated carbocycles. The highest BCUT2D eigenvalue weighted by Crippen LogP contribution is 2.32. The third-order valence-electron chi connectivity index (χ3n) is 2.57. The Bertz CT molecular complexity index is 468. The second kappa shape index (κ2) is 4.73. The summed E-state index contributed by atoms with van der Waals surface area (Å²) in [6.45, 7) is 0.317. The number of hydrogen-bond donors (Lipinski definition) is 2. The van der Waals surface area contributed by atoms with Crippen molar-refractivity contribution in [2.24, 2.45) is 11.7 Å². The lowest BCUT2D eigenvalue weighted by atomic mass is 10.2. The topological polar surface area (TPSA) is 72.2 Å². The van der Waals surface area contributed by atoms with E-state index in [1.54, 1.807) is 11.4 Å². The molecular formula is C9H13BrN2O2S2. The van der Waals surface area contributed by atoms with Crippen LogP contribution < -0.4 is 10.5 Å². The summed E-state index contributed by atoms with van der Waals surface area (Å²) in [7, 11) is -3.41. The molecular weight excluding hydrogens is 312 g/mol. The summed E-state index contributed by atoms with van der Waals surface area (Å²) in [5.74, 6) is 0.495. The van der Waals surface area contributed by atoms with E-state index in [1.807, 2.05) is 0 Å². The van der Waals surface area contributed by atoms with Crippen LogP contribution in [0.15, 0.2) is 20.1 Å². The van der Waals surface area contributed by atoms with Crippen molar-refractivity contribution < 1.29 is 8.42 Å². The number of thiophene rings is 1. The van der Waals surface area contributed by atoms with E-state index in [9.17, 15) is 8.42 Å². The molecule has 90 valence electrons. The Kier molecular flexibility index (Phi) is 3.70. The number of rotatable bonds is 5. The van der Waals surface area contributed by atoms with Gasteiger partial charge >= 0.3 is 0 Å². The maximum atomic E-state index is 11.9. The number of nitrogens with one attached hydrogen (secondary N) is 1. The van der Waals surface area contributed by atoms with Crippen molar-refractivity contribution in [3.05, 3.63) is 15.9 Å². The van der Waals surface area contributed by atoms with Gasteiger partial charge in [-0.05, 0) is 46.1 Å². The molecule has 0 spiro atoms. The van der Waals surface area contributed by atoms with Crippen LogP contribution in [0.5, 0.6) is 0 Å². The van der Waals surface area contributed by atoms with Gasteiger partial charge in [0.2, 0.25) is 0 Å². The van der Waals surface area contributed by atoms with Crippen LogP contribution in [-0.4, -0.2) is 21.0 Å². The van der Waals surface area contributed by atoms with E-state index in [1.165, 1.54) is 11.3 Å². The molecule has 0 radical (unpaired) electrons. The second-order valence-electron chi connectivity index (χ2n) is 3.91. The van der Waals surface area contributed by atoms with Gasteiger partial charge in [0, 0.05) is 17.1 Å². The predicted molar refractivity (Wildman–Crippen MR) is 67.9 cm³/mol. The Hall–Kier alpha value is 0.0500. The van der Waals surface area contributed by atoms with Gasteiger partial charge in [0.05, 0.1) is 0 Å². The summed E-state index contributed by atoms with van der Waals surface area (Å²) in [5, 5.41) is 1.74. The first-order chi connectivity index (χ1) is 7.50. The summed E-state index contributed by atoms with van der Waals surface area (Å²) in [4.78, 5) is 0. The summed E-state index contributed by atoms with van der Waals surface area (Å²) < 4.78 is 27.2. The van der Waals surface area contributed by atoms with Gasteiger partial charge < -0.3 is 5.73 Å². The molecule has 16 heavy (non-hydrogen) atoms. The second-order valence-corrected chi connectivity index (χ2v) is 7.64. The summed E-state index contributed by atoms with van der Waals surface area (Å²) in [5.41, 5.74) is 5.84. The van der Waals surface area contributed by atoms with Crippen LogP contribution in [0.25, 0.3) is 0 Å². The van der Waals surface area contributed by atoms with Crippen LogP contribution in [0.3, 0.4) is 0 Å². The first-order valence-electron chi connectivity index (χ1n) is 4.99. The minimum Gasteiger partial charge on any atom is -0.326 e. The zero-order chi connectivity index (χ0) is 11.8. The highest BCUT2D eigenvalue weighted by molar-refractivity contribution is 9.10. The summed E-state index contributed by atoms with van der Waals surface area (Å²) in [6, 6.07) is 1.66. The van der Waals surface area contributed by atoms with Crippen molar-refractivity contribution in [2.75, 3.05) is 6.54 Å². The molecule has 1 aromatic heterocycles. The molecule has 1 aliphatic carbocycles. The smallest absolute Gasteiger partial charge is 0.251 e. The number of nitrogens with two attached hydrogens (primary N) is 1. The van der Waals surface area contributed by atoms with Crippen LogP contribution in [-0.2, 0) is 10.0 Å². The van der Waals surface area contributed by atoms with Crippen molar-refractivity contribution in [3.63, 3.8) is 0 Å². The minimum absolute atomic E-state index is 0.0616.